The van der Waals surface area contributed by atoms with E-state index < -0.39 is 10.0 Å². The van der Waals surface area contributed by atoms with Crippen LogP contribution < -0.4 is 9.46 Å². The van der Waals surface area contributed by atoms with E-state index in [-0.39, 0.29) is 4.90 Å². The van der Waals surface area contributed by atoms with E-state index in [1.807, 2.05) is 13.0 Å². The number of anilines is 1. The number of sulfonamides is 1. The first kappa shape index (κ1) is 14.4. The van der Waals surface area contributed by atoms with E-state index >= 15 is 0 Å². The van der Waals surface area contributed by atoms with E-state index in [2.05, 4.69) is 4.72 Å². The summed E-state index contributed by atoms with van der Waals surface area (Å²) in [6.45, 7) is 3.71. The van der Waals surface area contributed by atoms with Crippen LogP contribution in [0.4, 0.5) is 5.69 Å². The second kappa shape index (κ2) is 5.54. The van der Waals surface area contributed by atoms with Crippen molar-refractivity contribution in [2.24, 2.45) is 0 Å². The van der Waals surface area contributed by atoms with Gasteiger partial charge in [-0.15, -0.1) is 0 Å². The average molecular weight is 291 g/mol. The summed E-state index contributed by atoms with van der Waals surface area (Å²) in [5.41, 5.74) is 2.23. The van der Waals surface area contributed by atoms with E-state index in [1.54, 1.807) is 43.3 Å². The Morgan fingerprint density at radius 2 is 1.80 bits per heavy atom. The summed E-state index contributed by atoms with van der Waals surface area (Å²) >= 11 is 0. The molecule has 0 amide bonds. The molecule has 0 spiro atoms. The molecule has 2 aromatic rings. The van der Waals surface area contributed by atoms with Gasteiger partial charge in [-0.25, -0.2) is 8.42 Å². The first-order valence-corrected chi connectivity index (χ1v) is 7.65. The topological polar surface area (TPSA) is 55.4 Å². The maximum Gasteiger partial charge on any atom is 0.262 e. The van der Waals surface area contributed by atoms with Crippen LogP contribution in [-0.4, -0.2) is 15.5 Å². The van der Waals surface area contributed by atoms with Crippen LogP contribution in [0.25, 0.3) is 0 Å². The molecule has 0 fully saturated rings. The van der Waals surface area contributed by atoms with Gasteiger partial charge < -0.3 is 4.74 Å². The Bertz CT molecular complexity index is 724. The van der Waals surface area contributed by atoms with E-state index in [4.69, 9.17) is 4.74 Å². The van der Waals surface area contributed by atoms with E-state index in [9.17, 15) is 8.42 Å². The van der Waals surface area contributed by atoms with Gasteiger partial charge in [-0.1, -0.05) is 23.8 Å². The quantitative estimate of drug-likeness (QED) is 0.941. The molecule has 1 N–H and O–H groups in total. The molecule has 106 valence electrons. The lowest BCUT2D eigenvalue weighted by atomic mass is 10.2. The molecule has 0 aliphatic heterocycles. The fraction of sp³-hybridized carbons (Fsp3) is 0.200. The highest BCUT2D eigenvalue weighted by Gasteiger charge is 2.16. The summed E-state index contributed by atoms with van der Waals surface area (Å²) in [5, 5.41) is 0. The van der Waals surface area contributed by atoms with Crippen LogP contribution in [0.1, 0.15) is 11.1 Å². The number of benzene rings is 2. The standard InChI is InChI=1S/C15H17NO3S/c1-11-7-8-15(12(2)9-11)20(17,18)16-13-5-4-6-14(10-13)19-3/h4-10,16H,1-3H3. The third-order valence-electron chi connectivity index (χ3n) is 2.94. The van der Waals surface area contributed by atoms with Crippen molar-refractivity contribution in [3.8, 4) is 5.75 Å². The number of methoxy groups -OCH3 is 1. The average Bonchev–Trinajstić information content (AvgIpc) is 2.37. The summed E-state index contributed by atoms with van der Waals surface area (Å²) in [6.07, 6.45) is 0. The highest BCUT2D eigenvalue weighted by molar-refractivity contribution is 7.92. The minimum atomic E-state index is -3.59. The number of ether oxygens (including phenoxy) is 1. The van der Waals surface area contributed by atoms with Gasteiger partial charge in [0.2, 0.25) is 0 Å². The molecule has 0 atom stereocenters. The molecular weight excluding hydrogens is 274 g/mol. The normalized spacial score (nSPS) is 11.2. The van der Waals surface area contributed by atoms with Crippen LogP contribution in [0.15, 0.2) is 47.4 Å². The Balaban J connectivity index is 2.35. The van der Waals surface area contributed by atoms with Gasteiger partial charge in [0.15, 0.2) is 0 Å². The summed E-state index contributed by atoms with van der Waals surface area (Å²) in [4.78, 5) is 0.283. The maximum absolute atomic E-state index is 12.4. The van der Waals surface area contributed by atoms with Gasteiger partial charge in [0.1, 0.15) is 5.75 Å². The largest absolute Gasteiger partial charge is 0.497 e. The van der Waals surface area contributed by atoms with Crippen molar-refractivity contribution in [3.63, 3.8) is 0 Å². The highest BCUT2D eigenvalue weighted by Crippen LogP contribution is 2.22. The smallest absolute Gasteiger partial charge is 0.262 e. The minimum absolute atomic E-state index is 0.283. The van der Waals surface area contributed by atoms with Crippen LogP contribution in [0.2, 0.25) is 0 Å². The van der Waals surface area contributed by atoms with Gasteiger partial charge >= 0.3 is 0 Å². The predicted octanol–water partition coefficient (Wildman–Crippen LogP) is 3.11. The lowest BCUT2D eigenvalue weighted by Crippen LogP contribution is -2.14. The first-order valence-electron chi connectivity index (χ1n) is 6.16. The fourth-order valence-corrected chi connectivity index (χ4v) is 3.27. The Hall–Kier alpha value is -2.01. The summed E-state index contributed by atoms with van der Waals surface area (Å²) in [6, 6.07) is 12.1. The monoisotopic (exact) mass is 291 g/mol. The zero-order valence-corrected chi connectivity index (χ0v) is 12.5. The number of rotatable bonds is 4. The van der Waals surface area contributed by atoms with Gasteiger partial charge in [0.05, 0.1) is 17.7 Å². The molecule has 2 aromatic carbocycles. The molecule has 0 aromatic heterocycles. The molecule has 0 unspecified atom stereocenters. The third kappa shape index (κ3) is 3.11. The lowest BCUT2D eigenvalue weighted by molar-refractivity contribution is 0.415. The summed E-state index contributed by atoms with van der Waals surface area (Å²) < 4.78 is 32.4. The van der Waals surface area contributed by atoms with Crippen LogP contribution >= 0.6 is 0 Å². The minimum Gasteiger partial charge on any atom is -0.497 e. The predicted molar refractivity (Wildman–Crippen MR) is 79.7 cm³/mol. The van der Waals surface area contributed by atoms with E-state index in [0.717, 1.165) is 11.1 Å². The second-order valence-corrected chi connectivity index (χ2v) is 6.26. The molecule has 0 heterocycles. The molecule has 20 heavy (non-hydrogen) atoms. The number of nitrogens with one attached hydrogen (secondary N) is 1. The van der Waals surface area contributed by atoms with Crippen molar-refractivity contribution in [1.29, 1.82) is 0 Å². The van der Waals surface area contributed by atoms with Crippen molar-refractivity contribution in [3.05, 3.63) is 53.6 Å². The molecule has 4 nitrogen and oxygen atoms in total. The maximum atomic E-state index is 12.4. The lowest BCUT2D eigenvalue weighted by Gasteiger charge is -2.11. The summed E-state index contributed by atoms with van der Waals surface area (Å²) in [5.74, 6) is 0.603. The third-order valence-corrected chi connectivity index (χ3v) is 4.48. The zero-order chi connectivity index (χ0) is 14.8. The Labute approximate surface area is 119 Å². The SMILES string of the molecule is COc1cccc(NS(=O)(=O)c2ccc(C)cc2C)c1. The second-order valence-electron chi connectivity index (χ2n) is 4.61. The van der Waals surface area contributed by atoms with Gasteiger partial charge in [-0.3, -0.25) is 4.72 Å². The van der Waals surface area contributed by atoms with Crippen molar-refractivity contribution in [2.75, 3.05) is 11.8 Å². The fourth-order valence-electron chi connectivity index (χ4n) is 2.00. The Kier molecular flexibility index (Phi) is 3.99. The first-order chi connectivity index (χ1) is 9.42. The molecule has 5 heteroatoms. The molecule has 0 saturated heterocycles. The van der Waals surface area contributed by atoms with Crippen LogP contribution in [0.5, 0.6) is 5.75 Å². The molecule has 0 bridgehead atoms. The van der Waals surface area contributed by atoms with E-state index in [1.165, 1.54) is 7.11 Å². The van der Waals surface area contributed by atoms with Gasteiger partial charge in [0.25, 0.3) is 10.0 Å². The zero-order valence-electron chi connectivity index (χ0n) is 11.7. The molecular formula is C15H17NO3S. The van der Waals surface area contributed by atoms with Crippen LogP contribution in [0, 0.1) is 13.8 Å². The van der Waals surface area contributed by atoms with E-state index in [0.29, 0.717) is 11.4 Å². The number of hydrogen-bond donors (Lipinski definition) is 1. The Morgan fingerprint density at radius 3 is 2.45 bits per heavy atom. The van der Waals surface area contributed by atoms with Crippen molar-refractivity contribution in [2.45, 2.75) is 18.7 Å². The van der Waals surface area contributed by atoms with Crippen molar-refractivity contribution >= 4 is 15.7 Å². The highest BCUT2D eigenvalue weighted by atomic mass is 32.2. The molecule has 0 saturated carbocycles. The van der Waals surface area contributed by atoms with Crippen LogP contribution in [0.3, 0.4) is 0 Å². The van der Waals surface area contributed by atoms with Crippen molar-refractivity contribution < 1.29 is 13.2 Å². The molecule has 0 aliphatic rings. The molecule has 0 aliphatic carbocycles. The van der Waals surface area contributed by atoms with Crippen molar-refractivity contribution in [1.82, 2.24) is 0 Å². The Morgan fingerprint density at radius 1 is 1.05 bits per heavy atom. The summed E-state index contributed by atoms with van der Waals surface area (Å²) in [7, 11) is -2.05. The number of aryl methyl sites for hydroxylation is 2. The van der Waals surface area contributed by atoms with Gasteiger partial charge in [-0.2, -0.15) is 0 Å². The van der Waals surface area contributed by atoms with Gasteiger partial charge in [-0.05, 0) is 37.6 Å². The number of hydrogen-bond acceptors (Lipinski definition) is 3. The molecule has 0 radical (unpaired) electrons. The molecule has 2 rings (SSSR count). The van der Waals surface area contributed by atoms with Gasteiger partial charge in [0, 0.05) is 6.07 Å². The van der Waals surface area contributed by atoms with Crippen LogP contribution in [-0.2, 0) is 10.0 Å².